The predicted molar refractivity (Wildman–Crippen MR) is 71.0 cm³/mol. The van der Waals surface area contributed by atoms with Crippen LogP contribution < -0.4 is 5.32 Å². The number of pyridine rings is 1. The first-order valence-corrected chi connectivity index (χ1v) is 5.36. The van der Waals surface area contributed by atoms with Crippen molar-refractivity contribution in [2.24, 2.45) is 0 Å². The highest BCUT2D eigenvalue weighted by molar-refractivity contribution is 6.02. The number of hydrogen-bond donors (Lipinski definition) is 2. The normalized spacial score (nSPS) is 10.2. The Kier molecular flexibility index (Phi) is 3.30. The number of ether oxygens (including phenoxy) is 1. The number of benzene rings is 1. The quantitative estimate of drug-likeness (QED) is 0.689. The zero-order chi connectivity index (χ0) is 12.5. The summed E-state index contributed by atoms with van der Waals surface area (Å²) in [5.41, 5.74) is 2.40. The zero-order valence-electron chi connectivity index (χ0n) is 10.1. The van der Waals surface area contributed by atoms with E-state index >= 15 is 0 Å². The molecule has 0 spiro atoms. The molecule has 7 heteroatoms. The number of carbonyl (C=O) groups excluding carboxylic acids is 1. The van der Waals surface area contributed by atoms with Gasteiger partial charge < -0.3 is 15.2 Å². The summed E-state index contributed by atoms with van der Waals surface area (Å²) < 4.78 is 4.51. The number of fused-ring (bicyclic) bond motifs is 3. The van der Waals surface area contributed by atoms with Gasteiger partial charge in [0.05, 0.1) is 24.3 Å². The number of amides is 1. The number of nitrogens with zero attached hydrogens (tertiary/aromatic N) is 2. The second-order valence-electron chi connectivity index (χ2n) is 3.74. The summed E-state index contributed by atoms with van der Waals surface area (Å²) in [7, 11) is 1.30. The lowest BCUT2D eigenvalue weighted by atomic mass is 10.2. The van der Waals surface area contributed by atoms with Crippen LogP contribution in [0, 0.1) is 0 Å². The number of hydrogen-bond acceptors (Lipinski definition) is 4. The fraction of sp³-hybridized carbons (Fsp3) is 0.0833. The molecule has 4 N–H and O–H groups in total. The van der Waals surface area contributed by atoms with Crippen molar-refractivity contribution in [1.29, 1.82) is 0 Å². The number of imidazole rings is 1. The standard InChI is InChI=1S/C12H10N4O2.H2O/c1-18-12(17)16-11-14-9-6-13-8-5-3-2-4-7(8)10(9)15-11;/h2-6H,1H3,(H2,14,15,16,17);1H2. The molecule has 0 radical (unpaired) electrons. The van der Waals surface area contributed by atoms with Gasteiger partial charge in [-0.25, -0.2) is 9.78 Å². The molecule has 2 aromatic heterocycles. The number of aromatic amines is 1. The van der Waals surface area contributed by atoms with Crippen LogP contribution >= 0.6 is 0 Å². The number of carbonyl (C=O) groups is 1. The minimum absolute atomic E-state index is 0. The summed E-state index contributed by atoms with van der Waals surface area (Å²) in [5, 5.41) is 3.42. The molecule has 0 fully saturated rings. The second-order valence-corrected chi connectivity index (χ2v) is 3.74. The van der Waals surface area contributed by atoms with Crippen LogP contribution in [0.3, 0.4) is 0 Å². The van der Waals surface area contributed by atoms with E-state index in [-0.39, 0.29) is 5.48 Å². The Morgan fingerprint density at radius 1 is 1.37 bits per heavy atom. The van der Waals surface area contributed by atoms with E-state index < -0.39 is 6.09 Å². The maximum atomic E-state index is 11.1. The molecule has 0 aliphatic heterocycles. The van der Waals surface area contributed by atoms with E-state index in [1.807, 2.05) is 24.3 Å². The smallest absolute Gasteiger partial charge is 0.413 e. The van der Waals surface area contributed by atoms with Crippen molar-refractivity contribution in [2.75, 3.05) is 12.4 Å². The molecule has 0 saturated carbocycles. The molecule has 19 heavy (non-hydrogen) atoms. The number of nitrogens with one attached hydrogen (secondary N) is 2. The van der Waals surface area contributed by atoms with Gasteiger partial charge in [0.1, 0.15) is 5.52 Å². The van der Waals surface area contributed by atoms with E-state index in [2.05, 4.69) is 25.0 Å². The largest absolute Gasteiger partial charge is 0.453 e. The molecule has 0 saturated heterocycles. The van der Waals surface area contributed by atoms with Crippen LogP contribution in [-0.4, -0.2) is 33.6 Å². The molecular weight excluding hydrogens is 248 g/mol. The number of para-hydroxylation sites is 1. The third kappa shape index (κ3) is 2.18. The van der Waals surface area contributed by atoms with Gasteiger partial charge in [-0.05, 0) is 6.07 Å². The molecule has 98 valence electrons. The molecule has 1 amide bonds. The van der Waals surface area contributed by atoms with E-state index in [0.29, 0.717) is 5.95 Å². The second kappa shape index (κ2) is 4.91. The van der Waals surface area contributed by atoms with Gasteiger partial charge in [-0.15, -0.1) is 0 Å². The van der Waals surface area contributed by atoms with Crippen LogP contribution in [0.25, 0.3) is 21.9 Å². The Labute approximate surface area is 107 Å². The van der Waals surface area contributed by atoms with Gasteiger partial charge in [0.25, 0.3) is 0 Å². The van der Waals surface area contributed by atoms with Crippen LogP contribution in [0.5, 0.6) is 0 Å². The number of rotatable bonds is 1. The summed E-state index contributed by atoms with van der Waals surface area (Å²) in [6.07, 6.45) is 1.12. The Hall–Kier alpha value is -2.67. The summed E-state index contributed by atoms with van der Waals surface area (Å²) in [5.74, 6) is 0.343. The van der Waals surface area contributed by atoms with Crippen molar-refractivity contribution < 1.29 is 15.0 Å². The SMILES string of the molecule is COC(=O)Nc1nc2c(cnc3ccccc32)[nH]1.O. The number of aromatic nitrogens is 3. The number of methoxy groups -OCH3 is 1. The Morgan fingerprint density at radius 3 is 2.95 bits per heavy atom. The van der Waals surface area contributed by atoms with Crippen molar-refractivity contribution in [2.45, 2.75) is 0 Å². The van der Waals surface area contributed by atoms with Gasteiger partial charge in [-0.3, -0.25) is 10.3 Å². The Morgan fingerprint density at radius 2 is 2.16 bits per heavy atom. The third-order valence-electron chi connectivity index (χ3n) is 2.63. The van der Waals surface area contributed by atoms with Crippen molar-refractivity contribution in [3.8, 4) is 0 Å². The van der Waals surface area contributed by atoms with Gasteiger partial charge in [0.15, 0.2) is 0 Å². The van der Waals surface area contributed by atoms with Crippen molar-refractivity contribution >= 4 is 34.0 Å². The molecule has 0 atom stereocenters. The van der Waals surface area contributed by atoms with Crippen LogP contribution in [0.15, 0.2) is 30.5 Å². The summed E-state index contributed by atoms with van der Waals surface area (Å²) in [6, 6.07) is 7.69. The maximum absolute atomic E-state index is 11.1. The van der Waals surface area contributed by atoms with Gasteiger partial charge in [0, 0.05) is 5.39 Å². The van der Waals surface area contributed by atoms with E-state index in [0.717, 1.165) is 21.9 Å². The molecular formula is C12H12N4O3. The molecule has 3 aromatic rings. The highest BCUT2D eigenvalue weighted by Crippen LogP contribution is 2.22. The van der Waals surface area contributed by atoms with Gasteiger partial charge in [-0.2, -0.15) is 0 Å². The topological polar surface area (TPSA) is 111 Å². The first-order chi connectivity index (χ1) is 8.78. The van der Waals surface area contributed by atoms with E-state index in [4.69, 9.17) is 0 Å². The monoisotopic (exact) mass is 260 g/mol. The van der Waals surface area contributed by atoms with Gasteiger partial charge in [-0.1, -0.05) is 18.2 Å². The molecule has 0 aliphatic rings. The molecule has 7 nitrogen and oxygen atoms in total. The molecule has 0 aliphatic carbocycles. The van der Waals surface area contributed by atoms with Crippen molar-refractivity contribution in [3.05, 3.63) is 30.5 Å². The first kappa shape index (κ1) is 12.8. The molecule has 1 aromatic carbocycles. The minimum atomic E-state index is -0.564. The lowest BCUT2D eigenvalue weighted by Gasteiger charge is -1.97. The van der Waals surface area contributed by atoms with Crippen molar-refractivity contribution in [3.63, 3.8) is 0 Å². The predicted octanol–water partition coefficient (Wildman–Crippen LogP) is 1.46. The molecule has 0 unspecified atom stereocenters. The van der Waals surface area contributed by atoms with Crippen LogP contribution in [0.2, 0.25) is 0 Å². The Balaban J connectivity index is 0.00000133. The van der Waals surface area contributed by atoms with E-state index in [1.165, 1.54) is 7.11 Å². The third-order valence-corrected chi connectivity index (χ3v) is 2.63. The molecule has 3 rings (SSSR count). The summed E-state index contributed by atoms with van der Waals surface area (Å²) >= 11 is 0. The van der Waals surface area contributed by atoms with Crippen molar-refractivity contribution in [1.82, 2.24) is 15.0 Å². The number of anilines is 1. The highest BCUT2D eigenvalue weighted by Gasteiger charge is 2.09. The highest BCUT2D eigenvalue weighted by atomic mass is 16.5. The van der Waals surface area contributed by atoms with Crippen LogP contribution in [0.4, 0.5) is 10.7 Å². The zero-order valence-corrected chi connectivity index (χ0v) is 10.1. The Bertz CT molecular complexity index is 738. The molecule has 0 bridgehead atoms. The van der Waals surface area contributed by atoms with Crippen LogP contribution in [0.1, 0.15) is 0 Å². The average molecular weight is 260 g/mol. The van der Waals surface area contributed by atoms with Gasteiger partial charge in [0.2, 0.25) is 5.95 Å². The minimum Gasteiger partial charge on any atom is -0.453 e. The first-order valence-electron chi connectivity index (χ1n) is 5.36. The van der Waals surface area contributed by atoms with Crippen LogP contribution in [-0.2, 0) is 4.74 Å². The molecule has 2 heterocycles. The summed E-state index contributed by atoms with van der Waals surface area (Å²) in [6.45, 7) is 0. The lowest BCUT2D eigenvalue weighted by molar-refractivity contribution is 0.186. The average Bonchev–Trinajstić information content (AvgIpc) is 2.81. The maximum Gasteiger partial charge on any atom is 0.413 e. The fourth-order valence-electron chi connectivity index (χ4n) is 1.81. The summed E-state index contributed by atoms with van der Waals surface area (Å²) in [4.78, 5) is 22.7. The fourth-order valence-corrected chi connectivity index (χ4v) is 1.81. The van der Waals surface area contributed by atoms with E-state index in [9.17, 15) is 4.79 Å². The lowest BCUT2D eigenvalue weighted by Crippen LogP contribution is -2.11. The van der Waals surface area contributed by atoms with E-state index in [1.54, 1.807) is 6.20 Å². The van der Waals surface area contributed by atoms with Gasteiger partial charge >= 0.3 is 6.09 Å². The number of H-pyrrole nitrogens is 1.